The lowest BCUT2D eigenvalue weighted by Crippen LogP contribution is -2.19. The van der Waals surface area contributed by atoms with Crippen LogP contribution in [0.2, 0.25) is 0 Å². The molecule has 0 radical (unpaired) electrons. The van der Waals surface area contributed by atoms with Crippen LogP contribution in [0.5, 0.6) is 5.75 Å². The first-order chi connectivity index (χ1) is 7.74. The van der Waals surface area contributed by atoms with Crippen LogP contribution in [0.1, 0.15) is 24.8 Å². The zero-order chi connectivity index (χ0) is 11.4. The highest BCUT2D eigenvalue weighted by Gasteiger charge is 2.19. The molecular weight excluding hydrogens is 204 g/mol. The molecule has 16 heavy (non-hydrogen) atoms. The van der Waals surface area contributed by atoms with Gasteiger partial charge in [-0.1, -0.05) is 12.1 Å². The van der Waals surface area contributed by atoms with E-state index in [-0.39, 0.29) is 18.0 Å². The fourth-order valence-electron chi connectivity index (χ4n) is 2.12. The first kappa shape index (κ1) is 11.4. The van der Waals surface area contributed by atoms with Crippen LogP contribution in [0, 0.1) is 0 Å². The SMILES string of the molecule is Oc1ccc(CC(O)CC2CCCO2)cc1. The molecule has 88 valence electrons. The van der Waals surface area contributed by atoms with E-state index < -0.39 is 0 Å². The Hall–Kier alpha value is -1.06. The van der Waals surface area contributed by atoms with Crippen LogP contribution >= 0.6 is 0 Å². The maximum atomic E-state index is 9.89. The monoisotopic (exact) mass is 222 g/mol. The molecule has 3 nitrogen and oxygen atoms in total. The average Bonchev–Trinajstić information content (AvgIpc) is 2.74. The first-order valence-electron chi connectivity index (χ1n) is 5.81. The Morgan fingerprint density at radius 1 is 1.31 bits per heavy atom. The molecule has 0 spiro atoms. The molecule has 1 aliphatic rings. The van der Waals surface area contributed by atoms with Gasteiger partial charge in [0.1, 0.15) is 5.75 Å². The van der Waals surface area contributed by atoms with Crippen LogP contribution in [0.25, 0.3) is 0 Å². The molecule has 1 aromatic carbocycles. The number of ether oxygens (including phenoxy) is 1. The number of aliphatic hydroxyl groups is 1. The topological polar surface area (TPSA) is 49.7 Å². The van der Waals surface area contributed by atoms with Gasteiger partial charge in [-0.05, 0) is 43.4 Å². The molecule has 2 unspecified atom stereocenters. The van der Waals surface area contributed by atoms with Crippen molar-refractivity contribution in [2.24, 2.45) is 0 Å². The molecular formula is C13H18O3. The van der Waals surface area contributed by atoms with Crippen molar-refractivity contribution in [3.63, 3.8) is 0 Å². The smallest absolute Gasteiger partial charge is 0.115 e. The molecule has 1 fully saturated rings. The van der Waals surface area contributed by atoms with Gasteiger partial charge in [0.05, 0.1) is 12.2 Å². The second-order valence-electron chi connectivity index (χ2n) is 4.40. The quantitative estimate of drug-likeness (QED) is 0.817. The Bertz CT molecular complexity index is 314. The molecule has 0 bridgehead atoms. The first-order valence-corrected chi connectivity index (χ1v) is 5.81. The highest BCUT2D eigenvalue weighted by Crippen LogP contribution is 2.19. The van der Waals surface area contributed by atoms with E-state index in [0.29, 0.717) is 12.8 Å². The zero-order valence-corrected chi connectivity index (χ0v) is 9.30. The number of hydrogen-bond acceptors (Lipinski definition) is 3. The van der Waals surface area contributed by atoms with Gasteiger partial charge in [-0.15, -0.1) is 0 Å². The van der Waals surface area contributed by atoms with Crippen molar-refractivity contribution in [3.05, 3.63) is 29.8 Å². The summed E-state index contributed by atoms with van der Waals surface area (Å²) in [6.45, 7) is 0.830. The van der Waals surface area contributed by atoms with Gasteiger partial charge < -0.3 is 14.9 Å². The lowest BCUT2D eigenvalue weighted by atomic mass is 10.0. The Morgan fingerprint density at radius 2 is 2.06 bits per heavy atom. The van der Waals surface area contributed by atoms with Crippen molar-refractivity contribution in [2.45, 2.75) is 37.9 Å². The molecule has 1 saturated heterocycles. The van der Waals surface area contributed by atoms with E-state index in [2.05, 4.69) is 0 Å². The van der Waals surface area contributed by atoms with Gasteiger partial charge in [0.15, 0.2) is 0 Å². The van der Waals surface area contributed by atoms with Crippen LogP contribution in [0.15, 0.2) is 24.3 Å². The number of phenols is 1. The summed E-state index contributed by atoms with van der Waals surface area (Å²) in [7, 11) is 0. The zero-order valence-electron chi connectivity index (χ0n) is 9.30. The number of aliphatic hydroxyl groups excluding tert-OH is 1. The maximum Gasteiger partial charge on any atom is 0.115 e. The maximum absolute atomic E-state index is 9.89. The van der Waals surface area contributed by atoms with Crippen molar-refractivity contribution in [3.8, 4) is 5.75 Å². The third kappa shape index (κ3) is 3.22. The second kappa shape index (κ2) is 5.32. The number of aromatic hydroxyl groups is 1. The van der Waals surface area contributed by atoms with E-state index in [4.69, 9.17) is 9.84 Å². The molecule has 0 saturated carbocycles. The summed E-state index contributed by atoms with van der Waals surface area (Å²) in [6.07, 6.45) is 3.38. The van der Waals surface area contributed by atoms with E-state index in [0.717, 1.165) is 25.0 Å². The van der Waals surface area contributed by atoms with Crippen LogP contribution in [-0.4, -0.2) is 29.0 Å². The minimum absolute atomic E-state index is 0.229. The minimum Gasteiger partial charge on any atom is -0.508 e. The van der Waals surface area contributed by atoms with Crippen molar-refractivity contribution in [1.82, 2.24) is 0 Å². The van der Waals surface area contributed by atoms with E-state index in [1.54, 1.807) is 12.1 Å². The number of phenolic OH excluding ortho intramolecular Hbond substituents is 1. The number of benzene rings is 1. The van der Waals surface area contributed by atoms with Crippen LogP contribution in [-0.2, 0) is 11.2 Å². The van der Waals surface area contributed by atoms with Crippen LogP contribution in [0.3, 0.4) is 0 Å². The average molecular weight is 222 g/mol. The van der Waals surface area contributed by atoms with Gasteiger partial charge in [-0.2, -0.15) is 0 Å². The van der Waals surface area contributed by atoms with Gasteiger partial charge in [-0.3, -0.25) is 0 Å². The Morgan fingerprint density at radius 3 is 2.69 bits per heavy atom. The van der Waals surface area contributed by atoms with Crippen molar-refractivity contribution in [1.29, 1.82) is 0 Å². The summed E-state index contributed by atoms with van der Waals surface area (Å²) in [5.74, 6) is 0.261. The van der Waals surface area contributed by atoms with Crippen molar-refractivity contribution < 1.29 is 14.9 Å². The van der Waals surface area contributed by atoms with Crippen LogP contribution in [0.4, 0.5) is 0 Å². The molecule has 1 heterocycles. The van der Waals surface area contributed by atoms with E-state index in [1.165, 1.54) is 0 Å². The highest BCUT2D eigenvalue weighted by atomic mass is 16.5. The lowest BCUT2D eigenvalue weighted by molar-refractivity contribution is 0.0541. The fraction of sp³-hybridized carbons (Fsp3) is 0.538. The summed E-state index contributed by atoms with van der Waals surface area (Å²) in [5, 5.41) is 19.0. The predicted molar refractivity (Wildman–Crippen MR) is 61.4 cm³/mol. The van der Waals surface area contributed by atoms with E-state index >= 15 is 0 Å². The van der Waals surface area contributed by atoms with Crippen LogP contribution < -0.4 is 0 Å². The second-order valence-corrected chi connectivity index (χ2v) is 4.40. The van der Waals surface area contributed by atoms with Gasteiger partial charge in [0, 0.05) is 6.61 Å². The Kier molecular flexibility index (Phi) is 3.80. The molecule has 1 aliphatic heterocycles. The molecule has 2 atom stereocenters. The van der Waals surface area contributed by atoms with E-state index in [9.17, 15) is 5.11 Å². The summed E-state index contributed by atoms with van der Waals surface area (Å²) >= 11 is 0. The number of hydrogen-bond donors (Lipinski definition) is 2. The molecule has 0 amide bonds. The normalized spacial score (nSPS) is 22.2. The molecule has 2 N–H and O–H groups in total. The summed E-state index contributed by atoms with van der Waals surface area (Å²) in [4.78, 5) is 0. The molecule has 0 aliphatic carbocycles. The van der Waals surface area contributed by atoms with Gasteiger partial charge >= 0.3 is 0 Å². The molecule has 2 rings (SSSR count). The third-order valence-electron chi connectivity index (χ3n) is 2.97. The summed E-state index contributed by atoms with van der Waals surface area (Å²) < 4.78 is 5.48. The molecule has 3 heteroatoms. The van der Waals surface area contributed by atoms with Gasteiger partial charge in [-0.25, -0.2) is 0 Å². The Balaban J connectivity index is 1.81. The standard InChI is InChI=1S/C13H18O3/c14-11-5-3-10(4-6-11)8-12(15)9-13-2-1-7-16-13/h3-6,12-15H,1-2,7-9H2. The fourth-order valence-corrected chi connectivity index (χ4v) is 2.12. The van der Waals surface area contributed by atoms with Crippen molar-refractivity contribution >= 4 is 0 Å². The Labute approximate surface area is 95.7 Å². The predicted octanol–water partition coefficient (Wildman–Crippen LogP) is 1.86. The largest absolute Gasteiger partial charge is 0.508 e. The number of rotatable bonds is 4. The highest BCUT2D eigenvalue weighted by molar-refractivity contribution is 5.26. The summed E-state index contributed by atoms with van der Waals surface area (Å²) in [6, 6.07) is 6.98. The lowest BCUT2D eigenvalue weighted by Gasteiger charge is -2.15. The van der Waals surface area contributed by atoms with Gasteiger partial charge in [0.2, 0.25) is 0 Å². The molecule has 0 aromatic heterocycles. The minimum atomic E-state index is -0.354. The van der Waals surface area contributed by atoms with Crippen molar-refractivity contribution in [2.75, 3.05) is 6.61 Å². The van der Waals surface area contributed by atoms with Gasteiger partial charge in [0.25, 0.3) is 0 Å². The summed E-state index contributed by atoms with van der Waals surface area (Å²) in [5.41, 5.74) is 1.04. The van der Waals surface area contributed by atoms with E-state index in [1.807, 2.05) is 12.1 Å². The third-order valence-corrected chi connectivity index (χ3v) is 2.97. The molecule has 1 aromatic rings.